The zero-order chi connectivity index (χ0) is 32.7. The van der Waals surface area contributed by atoms with Crippen LogP contribution in [0.15, 0.2) is 120 Å². The number of fused-ring (bicyclic) bond motifs is 2. The van der Waals surface area contributed by atoms with Crippen molar-refractivity contribution in [1.29, 1.82) is 0 Å². The van der Waals surface area contributed by atoms with E-state index in [1.54, 1.807) is 42.5 Å². The van der Waals surface area contributed by atoms with Gasteiger partial charge in [-0.1, -0.05) is 78.9 Å². The molecule has 4 aromatic rings. The average Bonchev–Trinajstić information content (AvgIpc) is 3.68. The summed E-state index contributed by atoms with van der Waals surface area (Å²) in [7, 11) is 3.90. The minimum Gasteiger partial charge on any atom is -0.378 e. The minimum absolute atomic E-state index is 0.112. The van der Waals surface area contributed by atoms with E-state index < -0.39 is 22.6 Å². The molecule has 0 aromatic heterocycles. The Hall–Kier alpha value is -5.68. The maximum absolute atomic E-state index is 14.4. The Balaban J connectivity index is 1.18. The smallest absolute Gasteiger partial charge is 0.297 e. The third kappa shape index (κ3) is 5.14. The van der Waals surface area contributed by atoms with Crippen LogP contribution in [0.2, 0.25) is 0 Å². The van der Waals surface area contributed by atoms with E-state index in [0.717, 1.165) is 16.3 Å². The number of hydrazine groups is 1. The Morgan fingerprint density at radius 1 is 0.894 bits per heavy atom. The van der Waals surface area contributed by atoms with E-state index in [1.165, 1.54) is 21.6 Å². The van der Waals surface area contributed by atoms with Crippen LogP contribution in [-0.2, 0) is 24.0 Å². The molecule has 234 valence electrons. The highest BCUT2D eigenvalue weighted by molar-refractivity contribution is 8.02. The van der Waals surface area contributed by atoms with Crippen LogP contribution in [0.3, 0.4) is 0 Å². The number of nitrogens with zero attached hydrogens (tertiary/aromatic N) is 5. The monoisotopic (exact) mass is 642 g/mol. The molecule has 3 aliphatic rings. The standard InChI is InChI=1S/C36H30N6O4S/c1-39(2)26-19-17-24(18-20-26)21-29-34(45)42(33(37-29)25-11-5-3-6-12-25)38-31(43)22-40-30-16-10-9-15-28(30)36(35(40)46)41(32(44)23-47-36)27-13-7-4-8-14-27/h3-21H,22-23H2,1-2H3,(H,38,43)/b29-21-. The molecule has 4 aromatic carbocycles. The summed E-state index contributed by atoms with van der Waals surface area (Å²) in [6.45, 7) is -0.383. The highest BCUT2D eigenvalue weighted by Crippen LogP contribution is 2.55. The van der Waals surface area contributed by atoms with Gasteiger partial charge < -0.3 is 4.90 Å². The maximum Gasteiger partial charge on any atom is 0.297 e. The van der Waals surface area contributed by atoms with Gasteiger partial charge in [0.2, 0.25) is 10.8 Å². The van der Waals surface area contributed by atoms with Gasteiger partial charge in [-0.25, -0.2) is 4.99 Å². The zero-order valence-electron chi connectivity index (χ0n) is 25.7. The molecule has 10 nitrogen and oxygen atoms in total. The van der Waals surface area contributed by atoms with Crippen molar-refractivity contribution in [3.8, 4) is 0 Å². The number of carbonyl (C=O) groups is 4. The molecule has 4 amide bonds. The molecule has 1 unspecified atom stereocenters. The van der Waals surface area contributed by atoms with Gasteiger partial charge in [0.25, 0.3) is 17.7 Å². The number of carbonyl (C=O) groups excluding carboxylic acids is 4. The molecule has 11 heteroatoms. The lowest BCUT2D eigenvalue weighted by atomic mass is 10.0. The molecule has 3 aliphatic heterocycles. The minimum atomic E-state index is -1.35. The van der Waals surface area contributed by atoms with Crippen molar-refractivity contribution in [3.05, 3.63) is 132 Å². The van der Waals surface area contributed by atoms with Crippen molar-refractivity contribution in [1.82, 2.24) is 10.4 Å². The quantitative estimate of drug-likeness (QED) is 0.300. The number of thioether (sulfide) groups is 1. The number of aliphatic imine (C=N–C) groups is 1. The van der Waals surface area contributed by atoms with Crippen molar-refractivity contribution in [3.63, 3.8) is 0 Å². The normalized spacial score (nSPS) is 19.5. The predicted molar refractivity (Wildman–Crippen MR) is 184 cm³/mol. The number of hydrogen-bond acceptors (Lipinski definition) is 7. The van der Waals surface area contributed by atoms with Gasteiger partial charge in [-0.05, 0) is 42.0 Å². The summed E-state index contributed by atoms with van der Waals surface area (Å²) < 4.78 is 0. The lowest BCUT2D eigenvalue weighted by molar-refractivity contribution is -0.133. The molecule has 7 rings (SSSR count). The number of anilines is 3. The van der Waals surface area contributed by atoms with Gasteiger partial charge in [0.15, 0.2) is 5.84 Å². The summed E-state index contributed by atoms with van der Waals surface area (Å²) in [5.41, 5.74) is 7.05. The Morgan fingerprint density at radius 3 is 2.26 bits per heavy atom. The first-order chi connectivity index (χ1) is 22.8. The van der Waals surface area contributed by atoms with Crippen LogP contribution in [0.5, 0.6) is 0 Å². The van der Waals surface area contributed by atoms with E-state index in [0.29, 0.717) is 22.5 Å². The molecule has 1 spiro atoms. The van der Waals surface area contributed by atoms with Crippen LogP contribution < -0.4 is 20.1 Å². The maximum atomic E-state index is 14.4. The number of amidine groups is 1. The van der Waals surface area contributed by atoms with Gasteiger partial charge in [-0.15, -0.1) is 11.8 Å². The van der Waals surface area contributed by atoms with E-state index in [9.17, 15) is 19.2 Å². The molecule has 0 aliphatic carbocycles. The number of amides is 4. The molecular weight excluding hydrogens is 613 g/mol. The zero-order valence-corrected chi connectivity index (χ0v) is 26.5. The molecule has 1 N–H and O–H groups in total. The van der Waals surface area contributed by atoms with Gasteiger partial charge in [0.05, 0.1) is 11.4 Å². The van der Waals surface area contributed by atoms with E-state index in [2.05, 4.69) is 10.4 Å². The van der Waals surface area contributed by atoms with Crippen LogP contribution in [0.4, 0.5) is 17.1 Å². The second kappa shape index (κ2) is 11.9. The van der Waals surface area contributed by atoms with Crippen molar-refractivity contribution >= 4 is 64.4 Å². The largest absolute Gasteiger partial charge is 0.378 e. The number of para-hydroxylation sites is 2. The van der Waals surface area contributed by atoms with Gasteiger partial charge in [0, 0.05) is 36.6 Å². The van der Waals surface area contributed by atoms with E-state index in [-0.39, 0.29) is 29.7 Å². The Bertz CT molecular complexity index is 1960. The summed E-state index contributed by atoms with van der Waals surface area (Å²) in [6.07, 6.45) is 1.67. The fourth-order valence-corrected chi connectivity index (χ4v) is 7.38. The second-order valence-corrected chi connectivity index (χ2v) is 12.6. The first-order valence-electron chi connectivity index (χ1n) is 15.0. The molecule has 1 saturated heterocycles. The molecule has 3 heterocycles. The molecule has 1 fully saturated rings. The third-order valence-corrected chi connectivity index (χ3v) is 9.61. The van der Waals surface area contributed by atoms with E-state index in [4.69, 9.17) is 0 Å². The van der Waals surface area contributed by atoms with Crippen molar-refractivity contribution in [2.75, 3.05) is 41.1 Å². The number of benzene rings is 4. The van der Waals surface area contributed by atoms with Crippen molar-refractivity contribution in [2.24, 2.45) is 4.99 Å². The number of hydrogen-bond donors (Lipinski definition) is 1. The Kier molecular flexibility index (Phi) is 7.61. The summed E-state index contributed by atoms with van der Waals surface area (Å²) in [5, 5.41) is 1.13. The van der Waals surface area contributed by atoms with Crippen LogP contribution in [0.1, 0.15) is 16.7 Å². The molecule has 0 bridgehead atoms. The van der Waals surface area contributed by atoms with Gasteiger partial charge in [-0.3, -0.25) is 34.4 Å². The van der Waals surface area contributed by atoms with Gasteiger partial charge in [-0.2, -0.15) is 5.01 Å². The summed E-state index contributed by atoms with van der Waals surface area (Å²) in [4.78, 5) is 63.3. The highest BCUT2D eigenvalue weighted by Gasteiger charge is 2.61. The lowest BCUT2D eigenvalue weighted by Crippen LogP contribution is -2.54. The van der Waals surface area contributed by atoms with E-state index >= 15 is 0 Å². The fourth-order valence-electron chi connectivity index (χ4n) is 6.02. The molecular formula is C36H30N6O4S. The SMILES string of the molecule is CN(C)c1ccc(/C=C2\N=C(c3ccccc3)N(NC(=O)CN3C(=O)C4(SCC(=O)N4c4ccccc4)c4ccccc43)C2=O)cc1. The molecule has 47 heavy (non-hydrogen) atoms. The molecule has 0 saturated carbocycles. The first-order valence-corrected chi connectivity index (χ1v) is 16.0. The lowest BCUT2D eigenvalue weighted by Gasteiger charge is -2.33. The van der Waals surface area contributed by atoms with E-state index in [1.807, 2.05) is 91.8 Å². The third-order valence-electron chi connectivity index (χ3n) is 8.22. The first kappa shape index (κ1) is 30.0. The van der Waals surface area contributed by atoms with Crippen LogP contribution in [0, 0.1) is 0 Å². The summed E-state index contributed by atoms with van der Waals surface area (Å²) in [6, 6.07) is 33.0. The topological polar surface area (TPSA) is 106 Å². The second-order valence-electron chi connectivity index (χ2n) is 11.4. The number of nitrogens with one attached hydrogen (secondary N) is 1. The highest BCUT2D eigenvalue weighted by atomic mass is 32.2. The Labute approximate surface area is 275 Å². The average molecular weight is 643 g/mol. The predicted octanol–water partition coefficient (Wildman–Crippen LogP) is 4.39. The van der Waals surface area contributed by atoms with Crippen molar-refractivity contribution in [2.45, 2.75) is 4.87 Å². The fraction of sp³-hybridized carbons (Fsp3) is 0.139. The summed E-state index contributed by atoms with van der Waals surface area (Å²) in [5.74, 6) is -1.33. The Morgan fingerprint density at radius 2 is 1.55 bits per heavy atom. The van der Waals surface area contributed by atoms with Crippen LogP contribution in [-0.4, -0.2) is 60.9 Å². The van der Waals surface area contributed by atoms with Crippen LogP contribution in [0.25, 0.3) is 6.08 Å². The number of rotatable bonds is 7. The summed E-state index contributed by atoms with van der Waals surface area (Å²) >= 11 is 1.24. The van der Waals surface area contributed by atoms with Crippen LogP contribution >= 0.6 is 11.8 Å². The van der Waals surface area contributed by atoms with Gasteiger partial charge in [0.1, 0.15) is 12.2 Å². The van der Waals surface area contributed by atoms with Gasteiger partial charge >= 0.3 is 0 Å². The molecule has 1 atom stereocenters. The molecule has 0 radical (unpaired) electrons. The van der Waals surface area contributed by atoms with Crippen molar-refractivity contribution < 1.29 is 19.2 Å².